The smallest absolute Gasteiger partial charge is 0.326 e. The van der Waals surface area contributed by atoms with E-state index in [0.717, 1.165) is 16.5 Å². The van der Waals surface area contributed by atoms with Crippen LogP contribution >= 0.6 is 0 Å². The van der Waals surface area contributed by atoms with Crippen LogP contribution in [0, 0.1) is 0 Å². The molecule has 0 saturated carbocycles. The number of pyridine rings is 1. The highest BCUT2D eigenvalue weighted by atomic mass is 16.5. The largest absolute Gasteiger partial charge is 0.489 e. The Hall–Kier alpha value is -4.40. The molecule has 0 bridgehead atoms. The lowest BCUT2D eigenvalue weighted by Gasteiger charge is -2.18. The van der Waals surface area contributed by atoms with E-state index in [0.29, 0.717) is 17.1 Å². The van der Waals surface area contributed by atoms with Gasteiger partial charge in [-0.1, -0.05) is 0 Å². The van der Waals surface area contributed by atoms with Crippen LogP contribution in [0.3, 0.4) is 0 Å². The van der Waals surface area contributed by atoms with Gasteiger partial charge in [0.15, 0.2) is 0 Å². The highest BCUT2D eigenvalue weighted by molar-refractivity contribution is 6.02. The standard InChI is InChI=1S/C23H22N6O3/c1-28(23(31)27-17-3-8-21-16(12-17)13-26-29(21)2)18-4-6-19(7-5-18)32-14-15-9-10-25-20(11-15)22(24)30/h3-13H,14H2,1-2H3,(H2,24,30)(H,27,31). The summed E-state index contributed by atoms with van der Waals surface area (Å²) in [4.78, 5) is 29.3. The quantitative estimate of drug-likeness (QED) is 0.487. The average molecular weight is 430 g/mol. The van der Waals surface area contributed by atoms with Gasteiger partial charge < -0.3 is 15.8 Å². The number of fused-ring (bicyclic) bond motifs is 1. The Bertz CT molecular complexity index is 1280. The summed E-state index contributed by atoms with van der Waals surface area (Å²) in [5.74, 6) is 0.0416. The number of aryl methyl sites for hydroxylation is 1. The van der Waals surface area contributed by atoms with Crippen molar-refractivity contribution in [3.8, 4) is 5.75 Å². The maximum absolute atomic E-state index is 12.7. The van der Waals surface area contributed by atoms with Gasteiger partial charge in [0.25, 0.3) is 5.91 Å². The molecule has 2 aromatic carbocycles. The number of aromatic nitrogens is 3. The predicted octanol–water partition coefficient (Wildman–Crippen LogP) is 3.31. The van der Waals surface area contributed by atoms with Crippen LogP contribution in [0.4, 0.5) is 16.2 Å². The van der Waals surface area contributed by atoms with Gasteiger partial charge in [0.05, 0.1) is 11.7 Å². The van der Waals surface area contributed by atoms with Gasteiger partial charge >= 0.3 is 6.03 Å². The van der Waals surface area contributed by atoms with Crippen molar-refractivity contribution in [3.63, 3.8) is 0 Å². The summed E-state index contributed by atoms with van der Waals surface area (Å²) in [5, 5.41) is 8.05. The molecule has 3 N–H and O–H groups in total. The molecular formula is C23H22N6O3. The lowest BCUT2D eigenvalue weighted by atomic mass is 10.2. The van der Waals surface area contributed by atoms with Gasteiger partial charge in [0.1, 0.15) is 18.1 Å². The third-order valence-electron chi connectivity index (χ3n) is 5.01. The predicted molar refractivity (Wildman–Crippen MR) is 122 cm³/mol. The van der Waals surface area contributed by atoms with Crippen molar-refractivity contribution in [2.24, 2.45) is 12.8 Å². The molecular weight excluding hydrogens is 408 g/mol. The van der Waals surface area contributed by atoms with Gasteiger partial charge in [-0.2, -0.15) is 5.10 Å². The third kappa shape index (κ3) is 4.51. The minimum absolute atomic E-state index is 0.191. The molecule has 0 aliphatic carbocycles. The van der Waals surface area contributed by atoms with Crippen LogP contribution in [-0.2, 0) is 13.7 Å². The average Bonchev–Trinajstić information content (AvgIpc) is 3.17. The number of urea groups is 1. The molecule has 0 radical (unpaired) electrons. The second kappa shape index (κ2) is 8.76. The molecule has 0 fully saturated rings. The first kappa shape index (κ1) is 20.9. The maximum Gasteiger partial charge on any atom is 0.326 e. The van der Waals surface area contributed by atoms with E-state index < -0.39 is 5.91 Å². The monoisotopic (exact) mass is 430 g/mol. The number of carbonyl (C=O) groups is 2. The molecule has 4 aromatic rings. The summed E-state index contributed by atoms with van der Waals surface area (Å²) >= 11 is 0. The van der Waals surface area contributed by atoms with Crippen molar-refractivity contribution in [3.05, 3.63) is 78.2 Å². The van der Waals surface area contributed by atoms with Gasteiger partial charge in [0.2, 0.25) is 0 Å². The van der Waals surface area contributed by atoms with E-state index in [-0.39, 0.29) is 18.3 Å². The molecule has 0 spiro atoms. The first-order valence-corrected chi connectivity index (χ1v) is 9.85. The zero-order valence-corrected chi connectivity index (χ0v) is 17.6. The van der Waals surface area contributed by atoms with Crippen molar-refractivity contribution < 1.29 is 14.3 Å². The summed E-state index contributed by atoms with van der Waals surface area (Å²) < 4.78 is 7.53. The lowest BCUT2D eigenvalue weighted by molar-refractivity contribution is 0.0995. The third-order valence-corrected chi connectivity index (χ3v) is 5.01. The number of rotatable bonds is 6. The van der Waals surface area contributed by atoms with E-state index in [1.165, 1.54) is 11.1 Å². The maximum atomic E-state index is 12.7. The number of nitrogens with two attached hydrogens (primary N) is 1. The van der Waals surface area contributed by atoms with Gasteiger partial charge in [-0.3, -0.25) is 19.4 Å². The van der Waals surface area contributed by atoms with E-state index in [9.17, 15) is 9.59 Å². The molecule has 0 unspecified atom stereocenters. The molecule has 32 heavy (non-hydrogen) atoms. The first-order chi connectivity index (χ1) is 15.4. The molecule has 0 saturated heterocycles. The van der Waals surface area contributed by atoms with Crippen LogP contribution in [0.15, 0.2) is 67.0 Å². The summed E-state index contributed by atoms with van der Waals surface area (Å²) in [6.07, 6.45) is 3.27. The number of nitrogens with zero attached hydrogens (tertiary/aromatic N) is 4. The molecule has 0 aliphatic heterocycles. The van der Waals surface area contributed by atoms with Crippen LogP contribution in [0.25, 0.3) is 10.9 Å². The minimum Gasteiger partial charge on any atom is -0.489 e. The fourth-order valence-electron chi connectivity index (χ4n) is 3.20. The van der Waals surface area contributed by atoms with Crippen LogP contribution < -0.4 is 20.7 Å². The fraction of sp³-hybridized carbons (Fsp3) is 0.130. The number of primary amides is 1. The Morgan fingerprint density at radius 1 is 1.12 bits per heavy atom. The fourth-order valence-corrected chi connectivity index (χ4v) is 3.20. The second-order valence-corrected chi connectivity index (χ2v) is 7.23. The van der Waals surface area contributed by atoms with Crippen molar-refractivity contribution in [1.29, 1.82) is 0 Å². The topological polar surface area (TPSA) is 115 Å². The van der Waals surface area contributed by atoms with Gasteiger partial charge in [-0.15, -0.1) is 0 Å². The van der Waals surface area contributed by atoms with E-state index in [1.54, 1.807) is 54.3 Å². The summed E-state index contributed by atoms with van der Waals surface area (Å²) in [7, 11) is 3.56. The van der Waals surface area contributed by atoms with Crippen molar-refractivity contribution in [2.45, 2.75) is 6.61 Å². The van der Waals surface area contributed by atoms with Crippen molar-refractivity contribution in [1.82, 2.24) is 14.8 Å². The van der Waals surface area contributed by atoms with Crippen molar-refractivity contribution >= 4 is 34.2 Å². The molecule has 2 heterocycles. The van der Waals surface area contributed by atoms with Gasteiger partial charge in [-0.05, 0) is 60.2 Å². The Morgan fingerprint density at radius 2 is 1.91 bits per heavy atom. The second-order valence-electron chi connectivity index (χ2n) is 7.23. The van der Waals surface area contributed by atoms with Crippen LogP contribution in [0.5, 0.6) is 5.75 Å². The van der Waals surface area contributed by atoms with Gasteiger partial charge in [-0.25, -0.2) is 4.79 Å². The van der Waals surface area contributed by atoms with E-state index in [1.807, 2.05) is 25.2 Å². The first-order valence-electron chi connectivity index (χ1n) is 9.85. The number of benzene rings is 2. The Labute approximate surface area is 184 Å². The highest BCUT2D eigenvalue weighted by Gasteiger charge is 2.12. The molecule has 9 heteroatoms. The number of ether oxygens (including phenoxy) is 1. The lowest BCUT2D eigenvalue weighted by Crippen LogP contribution is -2.31. The number of anilines is 2. The van der Waals surface area contributed by atoms with E-state index >= 15 is 0 Å². The summed E-state index contributed by atoms with van der Waals surface area (Å²) in [5.41, 5.74) is 8.61. The molecule has 2 aromatic heterocycles. The number of amides is 3. The van der Waals surface area contributed by atoms with E-state index in [2.05, 4.69) is 15.4 Å². The number of carbonyl (C=O) groups excluding carboxylic acids is 2. The number of hydrogen-bond acceptors (Lipinski definition) is 5. The summed E-state index contributed by atoms with van der Waals surface area (Å²) in [6.45, 7) is 0.259. The Kier molecular flexibility index (Phi) is 5.71. The zero-order valence-electron chi connectivity index (χ0n) is 17.6. The van der Waals surface area contributed by atoms with Crippen LogP contribution in [-0.4, -0.2) is 33.8 Å². The molecule has 0 aliphatic rings. The SMILES string of the molecule is CN(C(=O)Nc1ccc2c(cnn2C)c1)c1ccc(OCc2ccnc(C(N)=O)c2)cc1. The molecule has 3 amide bonds. The Morgan fingerprint density at radius 3 is 2.66 bits per heavy atom. The Balaban J connectivity index is 1.37. The van der Waals surface area contributed by atoms with Gasteiger partial charge in [0, 0.05) is 37.1 Å². The zero-order chi connectivity index (χ0) is 22.7. The van der Waals surface area contributed by atoms with Crippen LogP contribution in [0.2, 0.25) is 0 Å². The highest BCUT2D eigenvalue weighted by Crippen LogP contribution is 2.22. The minimum atomic E-state index is -0.585. The van der Waals surface area contributed by atoms with Crippen molar-refractivity contribution in [2.75, 3.05) is 17.3 Å². The molecule has 9 nitrogen and oxygen atoms in total. The molecule has 0 atom stereocenters. The number of hydrogen-bond donors (Lipinski definition) is 2. The number of nitrogens with one attached hydrogen (secondary N) is 1. The molecule has 4 rings (SSSR count). The van der Waals surface area contributed by atoms with Crippen LogP contribution in [0.1, 0.15) is 16.1 Å². The summed E-state index contributed by atoms with van der Waals surface area (Å²) in [6, 6.07) is 15.9. The van der Waals surface area contributed by atoms with E-state index in [4.69, 9.17) is 10.5 Å². The molecule has 162 valence electrons. The normalized spacial score (nSPS) is 10.7.